The quantitative estimate of drug-likeness (QED) is 0.550. The predicted octanol–water partition coefficient (Wildman–Crippen LogP) is 5.25. The highest BCUT2D eigenvalue weighted by Crippen LogP contribution is 2.23. The van der Waals surface area contributed by atoms with E-state index in [1.165, 1.54) is 24.0 Å². The number of hydrazine groups is 1. The summed E-state index contributed by atoms with van der Waals surface area (Å²) in [5, 5.41) is 2.30. The van der Waals surface area contributed by atoms with Gasteiger partial charge in [0.2, 0.25) is 0 Å². The zero-order chi connectivity index (χ0) is 20.6. The maximum absolute atomic E-state index is 10.8. The van der Waals surface area contributed by atoms with Gasteiger partial charge in [0, 0.05) is 25.2 Å². The molecule has 1 unspecified atom stereocenters. The number of benzene rings is 3. The van der Waals surface area contributed by atoms with Crippen LogP contribution in [0.3, 0.4) is 0 Å². The van der Waals surface area contributed by atoms with E-state index < -0.39 is 0 Å². The van der Waals surface area contributed by atoms with E-state index in [1.807, 2.05) is 54.6 Å². The van der Waals surface area contributed by atoms with Gasteiger partial charge in [-0.05, 0) is 60.6 Å². The number of hydrogen-bond acceptors (Lipinski definition) is 4. The van der Waals surface area contributed by atoms with Crippen molar-refractivity contribution in [2.45, 2.75) is 25.8 Å². The van der Waals surface area contributed by atoms with Gasteiger partial charge < -0.3 is 4.74 Å². The summed E-state index contributed by atoms with van der Waals surface area (Å²) in [5.74, 6) is 2.35. The smallest absolute Gasteiger partial charge is 0.150 e. The molecule has 30 heavy (non-hydrogen) atoms. The topological polar surface area (TPSA) is 41.6 Å². The van der Waals surface area contributed by atoms with Crippen LogP contribution in [-0.4, -0.2) is 24.4 Å². The zero-order valence-electron chi connectivity index (χ0n) is 17.2. The maximum atomic E-state index is 10.8. The number of carbonyl (C=O) groups excluding carboxylic acids is 1. The Morgan fingerprint density at radius 3 is 2.33 bits per heavy atom. The van der Waals surface area contributed by atoms with E-state index in [0.717, 1.165) is 49.4 Å². The standard InChI is InChI=1S/C26H28N2O2/c29-20-23-10-8-22(9-11-23)19-28-16-4-5-24(18-27-28)17-21-12-14-26(15-13-21)30-25-6-2-1-3-7-25/h1-3,6-15,20,24,27H,4-5,16-19H2. The van der Waals surface area contributed by atoms with E-state index >= 15 is 0 Å². The molecule has 154 valence electrons. The number of aldehydes is 1. The van der Waals surface area contributed by atoms with Gasteiger partial charge in [0.05, 0.1) is 0 Å². The van der Waals surface area contributed by atoms with Crippen molar-refractivity contribution in [3.63, 3.8) is 0 Å². The third-order valence-electron chi connectivity index (χ3n) is 5.56. The van der Waals surface area contributed by atoms with Crippen molar-refractivity contribution in [1.29, 1.82) is 0 Å². The fourth-order valence-corrected chi connectivity index (χ4v) is 3.89. The second-order valence-electron chi connectivity index (χ2n) is 7.91. The Kier molecular flexibility index (Phi) is 6.91. The Morgan fingerprint density at radius 1 is 0.900 bits per heavy atom. The van der Waals surface area contributed by atoms with Crippen molar-refractivity contribution in [3.05, 3.63) is 95.6 Å². The van der Waals surface area contributed by atoms with Crippen LogP contribution in [0.4, 0.5) is 0 Å². The minimum atomic E-state index is 0.619. The van der Waals surface area contributed by atoms with Crippen LogP contribution in [0.15, 0.2) is 78.9 Å². The Morgan fingerprint density at radius 2 is 1.60 bits per heavy atom. The molecule has 3 aromatic rings. The van der Waals surface area contributed by atoms with Crippen LogP contribution in [0.5, 0.6) is 11.5 Å². The van der Waals surface area contributed by atoms with E-state index in [-0.39, 0.29) is 0 Å². The monoisotopic (exact) mass is 400 g/mol. The molecular weight excluding hydrogens is 372 g/mol. The summed E-state index contributed by atoms with van der Waals surface area (Å²) >= 11 is 0. The third kappa shape index (κ3) is 5.78. The molecule has 1 heterocycles. The molecule has 4 rings (SSSR count). The molecule has 0 amide bonds. The molecule has 4 heteroatoms. The van der Waals surface area contributed by atoms with Gasteiger partial charge in [-0.25, -0.2) is 5.01 Å². The molecule has 0 spiro atoms. The molecule has 4 nitrogen and oxygen atoms in total. The summed E-state index contributed by atoms with van der Waals surface area (Å²) in [7, 11) is 0. The number of nitrogens with zero attached hydrogens (tertiary/aromatic N) is 1. The molecule has 1 aliphatic rings. The third-order valence-corrected chi connectivity index (χ3v) is 5.56. The summed E-state index contributed by atoms with van der Waals surface area (Å²) in [6.45, 7) is 2.88. The van der Waals surface area contributed by atoms with Gasteiger partial charge >= 0.3 is 0 Å². The van der Waals surface area contributed by atoms with E-state index in [0.29, 0.717) is 5.92 Å². The van der Waals surface area contributed by atoms with Gasteiger partial charge in [-0.2, -0.15) is 0 Å². The van der Waals surface area contributed by atoms with Crippen LogP contribution in [0.25, 0.3) is 0 Å². The highest BCUT2D eigenvalue weighted by Gasteiger charge is 2.17. The molecule has 3 aromatic carbocycles. The number of nitrogens with one attached hydrogen (secondary N) is 1. The van der Waals surface area contributed by atoms with Crippen LogP contribution < -0.4 is 10.2 Å². The summed E-state index contributed by atoms with van der Waals surface area (Å²) < 4.78 is 5.89. The SMILES string of the molecule is O=Cc1ccc(CN2CCCC(Cc3ccc(Oc4ccccc4)cc3)CN2)cc1. The molecule has 0 bridgehead atoms. The van der Waals surface area contributed by atoms with Crippen LogP contribution in [-0.2, 0) is 13.0 Å². The zero-order valence-corrected chi connectivity index (χ0v) is 17.2. The van der Waals surface area contributed by atoms with Crippen molar-refractivity contribution < 1.29 is 9.53 Å². The Bertz CT molecular complexity index is 924. The molecule has 0 saturated carbocycles. The van der Waals surface area contributed by atoms with Crippen molar-refractivity contribution in [3.8, 4) is 11.5 Å². The van der Waals surface area contributed by atoms with Crippen LogP contribution in [0.1, 0.15) is 34.3 Å². The minimum absolute atomic E-state index is 0.619. The summed E-state index contributed by atoms with van der Waals surface area (Å²) in [6.07, 6.45) is 4.36. The molecule has 1 N–H and O–H groups in total. The minimum Gasteiger partial charge on any atom is -0.457 e. The molecule has 0 radical (unpaired) electrons. The van der Waals surface area contributed by atoms with Crippen molar-refractivity contribution in [2.24, 2.45) is 5.92 Å². The molecule has 1 atom stereocenters. The van der Waals surface area contributed by atoms with Gasteiger partial charge in [-0.15, -0.1) is 0 Å². The lowest BCUT2D eigenvalue weighted by atomic mass is 9.95. The normalized spacial score (nSPS) is 17.3. The fraction of sp³-hybridized carbons (Fsp3) is 0.269. The van der Waals surface area contributed by atoms with E-state index in [1.54, 1.807) is 0 Å². The summed E-state index contributed by atoms with van der Waals surface area (Å²) in [4.78, 5) is 10.8. The molecule has 0 aromatic heterocycles. The Balaban J connectivity index is 1.27. The molecule has 1 saturated heterocycles. The van der Waals surface area contributed by atoms with Crippen LogP contribution in [0.2, 0.25) is 0 Å². The molecule has 1 aliphatic heterocycles. The average molecular weight is 401 g/mol. The van der Waals surface area contributed by atoms with E-state index in [4.69, 9.17) is 4.74 Å². The Hall–Kier alpha value is -2.95. The number of hydrogen-bond donors (Lipinski definition) is 1. The first kappa shape index (κ1) is 20.3. The average Bonchev–Trinajstić information content (AvgIpc) is 3.01. The first-order valence-corrected chi connectivity index (χ1v) is 10.6. The van der Waals surface area contributed by atoms with Crippen LogP contribution >= 0.6 is 0 Å². The van der Waals surface area contributed by atoms with Crippen molar-refractivity contribution in [2.75, 3.05) is 13.1 Å². The Labute approximate surface area is 178 Å². The van der Waals surface area contributed by atoms with Gasteiger partial charge in [0.1, 0.15) is 17.8 Å². The van der Waals surface area contributed by atoms with Gasteiger partial charge in [-0.1, -0.05) is 54.6 Å². The number of para-hydroxylation sites is 1. The lowest BCUT2D eigenvalue weighted by Gasteiger charge is -2.22. The first-order chi connectivity index (χ1) is 14.8. The van der Waals surface area contributed by atoms with Gasteiger partial charge in [0.15, 0.2) is 0 Å². The second kappa shape index (κ2) is 10.2. The lowest BCUT2D eigenvalue weighted by molar-refractivity contribution is 0.112. The van der Waals surface area contributed by atoms with E-state index in [2.05, 4.69) is 34.7 Å². The second-order valence-corrected chi connectivity index (χ2v) is 7.91. The predicted molar refractivity (Wildman–Crippen MR) is 120 cm³/mol. The maximum Gasteiger partial charge on any atom is 0.150 e. The molecular formula is C26H28N2O2. The first-order valence-electron chi connectivity index (χ1n) is 10.6. The fourth-order valence-electron chi connectivity index (χ4n) is 3.89. The summed E-state index contributed by atoms with van der Waals surface area (Å²) in [5.41, 5.74) is 6.91. The summed E-state index contributed by atoms with van der Waals surface area (Å²) in [6, 6.07) is 26.2. The van der Waals surface area contributed by atoms with Crippen LogP contribution in [0, 0.1) is 5.92 Å². The van der Waals surface area contributed by atoms with Gasteiger partial charge in [-0.3, -0.25) is 10.2 Å². The van der Waals surface area contributed by atoms with Crippen molar-refractivity contribution in [1.82, 2.24) is 10.4 Å². The molecule has 0 aliphatic carbocycles. The largest absolute Gasteiger partial charge is 0.457 e. The highest BCUT2D eigenvalue weighted by atomic mass is 16.5. The highest BCUT2D eigenvalue weighted by molar-refractivity contribution is 5.74. The van der Waals surface area contributed by atoms with E-state index in [9.17, 15) is 4.79 Å². The van der Waals surface area contributed by atoms with Crippen molar-refractivity contribution >= 4 is 6.29 Å². The van der Waals surface area contributed by atoms with Gasteiger partial charge in [0.25, 0.3) is 0 Å². The number of rotatable bonds is 7. The lowest BCUT2D eigenvalue weighted by Crippen LogP contribution is -2.38. The number of ether oxygens (including phenoxy) is 1. The molecule has 1 fully saturated rings. The number of carbonyl (C=O) groups is 1.